The lowest BCUT2D eigenvalue weighted by atomic mass is 10.2. The number of hydrogen-bond acceptors (Lipinski definition) is 5. The summed E-state index contributed by atoms with van der Waals surface area (Å²) in [7, 11) is 0. The van der Waals surface area contributed by atoms with E-state index in [1.54, 1.807) is 11.3 Å². The Hall–Kier alpha value is -2.15. The number of aryl methyl sites for hydroxylation is 1. The van der Waals surface area contributed by atoms with Gasteiger partial charge in [-0.2, -0.15) is 0 Å². The van der Waals surface area contributed by atoms with Gasteiger partial charge in [-0.05, 0) is 13.0 Å². The standard InChI is InChI=1S/C10H11N3O4/c1-6-11-12-8-4-7(10(15)16)5-9(13(6)8)17-3-2-14/h4-5,14H,2-3H2,1H3,(H,15,16). The summed E-state index contributed by atoms with van der Waals surface area (Å²) in [4.78, 5) is 10.9. The molecule has 7 heteroatoms. The molecule has 2 heterocycles. The van der Waals surface area contributed by atoms with Crippen LogP contribution in [0.15, 0.2) is 12.1 Å². The van der Waals surface area contributed by atoms with Crippen molar-refractivity contribution in [2.45, 2.75) is 6.92 Å². The minimum atomic E-state index is -1.07. The van der Waals surface area contributed by atoms with Crippen molar-refractivity contribution in [3.8, 4) is 5.88 Å². The van der Waals surface area contributed by atoms with Crippen molar-refractivity contribution in [3.05, 3.63) is 23.5 Å². The van der Waals surface area contributed by atoms with Gasteiger partial charge in [-0.25, -0.2) is 9.20 Å². The van der Waals surface area contributed by atoms with E-state index in [1.807, 2.05) is 0 Å². The Bertz CT molecular complexity index is 564. The fraction of sp³-hybridized carbons (Fsp3) is 0.300. The normalized spacial score (nSPS) is 10.7. The van der Waals surface area contributed by atoms with Gasteiger partial charge in [0.2, 0.25) is 5.88 Å². The molecule has 0 fully saturated rings. The van der Waals surface area contributed by atoms with Crippen LogP contribution in [-0.4, -0.2) is 44.0 Å². The first-order chi connectivity index (χ1) is 8.13. The molecular formula is C10H11N3O4. The van der Waals surface area contributed by atoms with E-state index >= 15 is 0 Å². The maximum Gasteiger partial charge on any atom is 0.336 e. The van der Waals surface area contributed by atoms with Gasteiger partial charge in [0.05, 0.1) is 12.2 Å². The molecule has 0 aliphatic heterocycles. The van der Waals surface area contributed by atoms with E-state index in [4.69, 9.17) is 14.9 Å². The molecule has 17 heavy (non-hydrogen) atoms. The number of nitrogens with zero attached hydrogens (tertiary/aromatic N) is 3. The predicted octanol–water partition coefficient (Wildman–Crippen LogP) is 0.107. The number of rotatable bonds is 4. The minimum Gasteiger partial charge on any atom is -0.478 e. The fourth-order valence-electron chi connectivity index (χ4n) is 1.50. The number of carbonyl (C=O) groups is 1. The molecule has 90 valence electrons. The molecule has 0 bridgehead atoms. The number of aromatic carboxylic acids is 1. The zero-order chi connectivity index (χ0) is 12.4. The second kappa shape index (κ2) is 4.38. The van der Waals surface area contributed by atoms with E-state index in [1.165, 1.54) is 12.1 Å². The first-order valence-electron chi connectivity index (χ1n) is 4.96. The monoisotopic (exact) mass is 237 g/mol. The summed E-state index contributed by atoms with van der Waals surface area (Å²) in [5.74, 6) is -0.177. The Kier molecular flexibility index (Phi) is 2.92. The van der Waals surface area contributed by atoms with Crippen molar-refractivity contribution in [2.24, 2.45) is 0 Å². The second-order valence-corrected chi connectivity index (χ2v) is 3.40. The zero-order valence-corrected chi connectivity index (χ0v) is 9.12. The van der Waals surface area contributed by atoms with Crippen LogP contribution in [-0.2, 0) is 0 Å². The van der Waals surface area contributed by atoms with Crippen LogP contribution < -0.4 is 4.74 Å². The third kappa shape index (κ3) is 2.04. The number of pyridine rings is 1. The number of aliphatic hydroxyl groups excluding tert-OH is 1. The molecular weight excluding hydrogens is 226 g/mol. The van der Waals surface area contributed by atoms with Gasteiger partial charge < -0.3 is 14.9 Å². The van der Waals surface area contributed by atoms with Crippen LogP contribution in [0.4, 0.5) is 0 Å². The third-order valence-corrected chi connectivity index (χ3v) is 2.22. The number of carboxylic acid groups (broad SMARTS) is 1. The third-order valence-electron chi connectivity index (χ3n) is 2.22. The van der Waals surface area contributed by atoms with Gasteiger partial charge in [0, 0.05) is 6.07 Å². The van der Waals surface area contributed by atoms with Crippen LogP contribution in [0.25, 0.3) is 5.65 Å². The van der Waals surface area contributed by atoms with Crippen molar-refractivity contribution in [2.75, 3.05) is 13.2 Å². The minimum absolute atomic E-state index is 0.0674. The maximum absolute atomic E-state index is 10.9. The molecule has 0 saturated heterocycles. The molecule has 0 aliphatic rings. The topological polar surface area (TPSA) is 97.0 Å². The van der Waals surface area contributed by atoms with Gasteiger partial charge in [0.15, 0.2) is 5.65 Å². The average Bonchev–Trinajstić information content (AvgIpc) is 2.68. The summed E-state index contributed by atoms with van der Waals surface area (Å²) in [6.45, 7) is 1.65. The van der Waals surface area contributed by atoms with Crippen molar-refractivity contribution >= 4 is 11.6 Å². The highest BCUT2D eigenvalue weighted by atomic mass is 16.5. The van der Waals surface area contributed by atoms with Crippen molar-refractivity contribution in [1.82, 2.24) is 14.6 Å². The maximum atomic E-state index is 10.9. The smallest absolute Gasteiger partial charge is 0.336 e. The second-order valence-electron chi connectivity index (χ2n) is 3.40. The summed E-state index contributed by atoms with van der Waals surface area (Å²) in [5.41, 5.74) is 0.466. The molecule has 0 saturated carbocycles. The molecule has 0 atom stereocenters. The Balaban J connectivity index is 2.58. The van der Waals surface area contributed by atoms with Crippen LogP contribution in [0.3, 0.4) is 0 Å². The summed E-state index contributed by atoms with van der Waals surface area (Å²) >= 11 is 0. The number of aromatic nitrogens is 3. The predicted molar refractivity (Wildman–Crippen MR) is 57.3 cm³/mol. The molecule has 0 aromatic carbocycles. The van der Waals surface area contributed by atoms with Crippen molar-refractivity contribution < 1.29 is 19.7 Å². The summed E-state index contributed by atoms with van der Waals surface area (Å²) in [6.07, 6.45) is 0. The first kappa shape index (κ1) is 11.3. The molecule has 0 radical (unpaired) electrons. The fourth-order valence-corrected chi connectivity index (χ4v) is 1.50. The Labute approximate surface area is 96.3 Å². The van der Waals surface area contributed by atoms with Gasteiger partial charge in [0.1, 0.15) is 12.4 Å². The summed E-state index contributed by atoms with van der Waals surface area (Å²) < 4.78 is 6.85. The van der Waals surface area contributed by atoms with Crippen LogP contribution >= 0.6 is 0 Å². The largest absolute Gasteiger partial charge is 0.478 e. The zero-order valence-electron chi connectivity index (χ0n) is 9.12. The molecule has 7 nitrogen and oxygen atoms in total. The lowest BCUT2D eigenvalue weighted by Crippen LogP contribution is -2.08. The van der Waals surface area contributed by atoms with E-state index in [-0.39, 0.29) is 18.8 Å². The number of fused-ring (bicyclic) bond motifs is 1. The Morgan fingerprint density at radius 2 is 2.24 bits per heavy atom. The van der Waals surface area contributed by atoms with Crippen molar-refractivity contribution in [3.63, 3.8) is 0 Å². The van der Waals surface area contributed by atoms with E-state index in [9.17, 15) is 4.79 Å². The quantitative estimate of drug-likeness (QED) is 0.783. The summed E-state index contributed by atoms with van der Waals surface area (Å²) in [6, 6.07) is 2.79. The van der Waals surface area contributed by atoms with Gasteiger partial charge in [-0.3, -0.25) is 0 Å². The molecule has 0 spiro atoms. The first-order valence-corrected chi connectivity index (χ1v) is 4.96. The van der Waals surface area contributed by atoms with Gasteiger partial charge in [-0.1, -0.05) is 0 Å². The van der Waals surface area contributed by atoms with Gasteiger partial charge in [-0.15, -0.1) is 10.2 Å². The lowest BCUT2D eigenvalue weighted by Gasteiger charge is -2.08. The average molecular weight is 237 g/mol. The van der Waals surface area contributed by atoms with Crippen molar-refractivity contribution in [1.29, 1.82) is 0 Å². The highest BCUT2D eigenvalue weighted by Gasteiger charge is 2.13. The highest BCUT2D eigenvalue weighted by molar-refractivity contribution is 5.89. The Morgan fingerprint density at radius 3 is 2.88 bits per heavy atom. The van der Waals surface area contributed by atoms with Gasteiger partial charge >= 0.3 is 5.97 Å². The number of hydrogen-bond donors (Lipinski definition) is 2. The molecule has 2 aromatic heterocycles. The van der Waals surface area contributed by atoms with E-state index in [0.29, 0.717) is 17.4 Å². The number of carboxylic acids is 1. The molecule has 2 aromatic rings. The van der Waals surface area contributed by atoms with Crippen LogP contribution in [0, 0.1) is 6.92 Å². The van der Waals surface area contributed by atoms with Crippen LogP contribution in [0.2, 0.25) is 0 Å². The van der Waals surface area contributed by atoms with E-state index in [2.05, 4.69) is 10.2 Å². The number of ether oxygens (including phenoxy) is 1. The summed E-state index contributed by atoms with van der Waals surface area (Å²) in [5, 5.41) is 25.3. The van der Waals surface area contributed by atoms with E-state index in [0.717, 1.165) is 0 Å². The lowest BCUT2D eigenvalue weighted by molar-refractivity contribution is 0.0696. The molecule has 0 aliphatic carbocycles. The number of aliphatic hydroxyl groups is 1. The molecule has 0 amide bonds. The highest BCUT2D eigenvalue weighted by Crippen LogP contribution is 2.18. The van der Waals surface area contributed by atoms with Crippen LogP contribution in [0.5, 0.6) is 5.88 Å². The Morgan fingerprint density at radius 1 is 1.47 bits per heavy atom. The van der Waals surface area contributed by atoms with Gasteiger partial charge in [0.25, 0.3) is 0 Å². The molecule has 0 unspecified atom stereocenters. The molecule has 2 rings (SSSR count). The van der Waals surface area contributed by atoms with Crippen LogP contribution in [0.1, 0.15) is 16.2 Å². The molecule has 2 N–H and O–H groups in total. The van der Waals surface area contributed by atoms with E-state index < -0.39 is 5.97 Å². The SMILES string of the molecule is Cc1nnc2cc(C(=O)O)cc(OCCO)n12.